The topological polar surface area (TPSA) is 109 Å². The fourth-order valence-electron chi connectivity index (χ4n) is 4.20. The van der Waals surface area contributed by atoms with Crippen molar-refractivity contribution in [3.8, 4) is 11.5 Å². The van der Waals surface area contributed by atoms with Gasteiger partial charge in [-0.15, -0.1) is 0 Å². The molecule has 0 fully saturated rings. The minimum absolute atomic E-state index is 0.0489. The highest BCUT2D eigenvalue weighted by Crippen LogP contribution is 2.30. The van der Waals surface area contributed by atoms with Gasteiger partial charge in [-0.3, -0.25) is 4.79 Å². The number of imidazole rings is 1. The van der Waals surface area contributed by atoms with Crippen LogP contribution in [0.3, 0.4) is 0 Å². The summed E-state index contributed by atoms with van der Waals surface area (Å²) in [5.74, 6) is 0.396. The molecule has 10 heteroatoms. The third-order valence-electron chi connectivity index (χ3n) is 5.84. The van der Waals surface area contributed by atoms with Gasteiger partial charge in [-0.2, -0.15) is 5.10 Å². The maximum Gasteiger partial charge on any atom is 0.510 e. The zero-order chi connectivity index (χ0) is 21.7. The van der Waals surface area contributed by atoms with E-state index >= 15 is 0 Å². The van der Waals surface area contributed by atoms with Crippen molar-refractivity contribution < 1.29 is 14.8 Å². The average Bonchev–Trinajstić information content (AvgIpc) is 3.39. The van der Waals surface area contributed by atoms with Crippen LogP contribution in [0.1, 0.15) is 34.6 Å². The molecule has 0 aliphatic carbocycles. The molecule has 0 spiro atoms. The van der Waals surface area contributed by atoms with Gasteiger partial charge in [0, 0.05) is 32.1 Å². The van der Waals surface area contributed by atoms with Crippen LogP contribution in [0.5, 0.6) is 0 Å². The number of carbonyl (C=O) groups excluding carboxylic acids is 1. The summed E-state index contributed by atoms with van der Waals surface area (Å²) in [4.78, 5) is 24.2. The number of aryl methyl sites for hydroxylation is 1. The lowest BCUT2D eigenvalue weighted by Crippen LogP contribution is -2.39. The van der Waals surface area contributed by atoms with Crippen molar-refractivity contribution in [1.29, 1.82) is 0 Å². The summed E-state index contributed by atoms with van der Waals surface area (Å²) in [6.07, 6.45) is 4.23. The largest absolute Gasteiger partial charge is 0.510 e. The molecule has 0 radical (unpaired) electrons. The summed E-state index contributed by atoms with van der Waals surface area (Å²) < 4.78 is 3.28. The molecule has 31 heavy (non-hydrogen) atoms. The van der Waals surface area contributed by atoms with Crippen molar-refractivity contribution in [3.63, 3.8) is 0 Å². The molecular weight excluding hydrogens is 395 g/mol. The Bertz CT molecular complexity index is 1300. The molecule has 1 amide bonds. The van der Waals surface area contributed by atoms with Crippen molar-refractivity contribution in [3.05, 3.63) is 65.6 Å². The molecule has 0 saturated carbocycles. The van der Waals surface area contributed by atoms with Crippen molar-refractivity contribution >= 4 is 24.3 Å². The molecule has 4 aromatic rings. The fraction of sp³-hybridized carbons (Fsp3) is 0.238. The Labute approximate surface area is 178 Å². The number of amides is 1. The Hall–Kier alpha value is -3.50. The molecule has 1 aromatic carbocycles. The van der Waals surface area contributed by atoms with Gasteiger partial charge < -0.3 is 19.5 Å². The van der Waals surface area contributed by atoms with Gasteiger partial charge in [-0.25, -0.2) is 14.5 Å². The van der Waals surface area contributed by atoms with Gasteiger partial charge in [-0.1, -0.05) is 24.3 Å². The summed E-state index contributed by atoms with van der Waals surface area (Å²) in [7, 11) is 0.0964. The van der Waals surface area contributed by atoms with Crippen LogP contribution in [-0.4, -0.2) is 58.7 Å². The molecule has 4 heterocycles. The van der Waals surface area contributed by atoms with Crippen molar-refractivity contribution in [2.45, 2.75) is 19.4 Å². The molecule has 1 aliphatic rings. The van der Waals surface area contributed by atoms with E-state index in [4.69, 9.17) is 0 Å². The van der Waals surface area contributed by atoms with E-state index in [0.717, 1.165) is 12.0 Å². The van der Waals surface area contributed by atoms with Gasteiger partial charge in [-0.05, 0) is 30.5 Å². The van der Waals surface area contributed by atoms with Gasteiger partial charge in [0.05, 0.1) is 11.6 Å². The first kappa shape index (κ1) is 19.5. The first-order valence-electron chi connectivity index (χ1n) is 10.1. The highest BCUT2D eigenvalue weighted by molar-refractivity contribution is 6.57. The molecule has 2 N–H and O–H groups in total. The second-order valence-corrected chi connectivity index (χ2v) is 7.72. The summed E-state index contributed by atoms with van der Waals surface area (Å²) in [5.41, 5.74) is 3.59. The van der Waals surface area contributed by atoms with E-state index in [9.17, 15) is 14.8 Å². The van der Waals surface area contributed by atoms with Gasteiger partial charge in [0.25, 0.3) is 5.91 Å². The smallest absolute Gasteiger partial charge is 0.422 e. The first-order chi connectivity index (χ1) is 14.9. The lowest BCUT2D eigenvalue weighted by molar-refractivity contribution is 0.0672. The van der Waals surface area contributed by atoms with Gasteiger partial charge >= 0.3 is 7.12 Å². The highest BCUT2D eigenvalue weighted by Gasteiger charge is 2.30. The molecule has 0 unspecified atom stereocenters. The number of fused-ring (bicyclic) bond motifs is 2. The van der Waals surface area contributed by atoms with Gasteiger partial charge in [0.1, 0.15) is 11.4 Å². The third kappa shape index (κ3) is 3.20. The van der Waals surface area contributed by atoms with E-state index in [2.05, 4.69) is 27.2 Å². The van der Waals surface area contributed by atoms with E-state index < -0.39 is 7.12 Å². The number of rotatable bonds is 3. The quantitative estimate of drug-likeness (QED) is 0.473. The summed E-state index contributed by atoms with van der Waals surface area (Å²) in [5, 5.41) is 23.4. The first-order valence-corrected chi connectivity index (χ1v) is 10.1. The van der Waals surface area contributed by atoms with Crippen LogP contribution < -0.4 is 5.59 Å². The van der Waals surface area contributed by atoms with Crippen LogP contribution in [0, 0.1) is 0 Å². The van der Waals surface area contributed by atoms with Crippen LogP contribution in [0.15, 0.2) is 48.8 Å². The summed E-state index contributed by atoms with van der Waals surface area (Å²) in [6.45, 7) is 2.62. The van der Waals surface area contributed by atoms with Crippen LogP contribution in [0.2, 0.25) is 0 Å². The Morgan fingerprint density at radius 3 is 2.77 bits per heavy atom. The number of aromatic nitrogens is 5. The van der Waals surface area contributed by atoms with E-state index in [1.165, 1.54) is 16.1 Å². The molecule has 156 valence electrons. The number of hydrogen-bond donors (Lipinski definition) is 2. The maximum absolute atomic E-state index is 13.5. The van der Waals surface area contributed by atoms with Crippen LogP contribution >= 0.6 is 0 Å². The predicted octanol–water partition coefficient (Wildman–Crippen LogP) is 0.569. The lowest BCUT2D eigenvalue weighted by atomic mass is 9.87. The number of carbonyl (C=O) groups is 1. The van der Waals surface area contributed by atoms with E-state index in [1.807, 2.05) is 31.0 Å². The minimum atomic E-state index is -1.74. The van der Waals surface area contributed by atoms with Gasteiger partial charge in [0.2, 0.25) is 0 Å². The molecule has 9 nitrogen and oxygen atoms in total. The Morgan fingerprint density at radius 2 is 2.03 bits per heavy atom. The molecule has 0 saturated heterocycles. The highest BCUT2D eigenvalue weighted by atomic mass is 16.4. The molecule has 1 atom stereocenters. The second kappa shape index (κ2) is 7.33. The Kier molecular flexibility index (Phi) is 4.60. The molecule has 1 aliphatic heterocycles. The molecular formula is C21H21BN6O3. The average molecular weight is 416 g/mol. The minimum Gasteiger partial charge on any atom is -0.422 e. The van der Waals surface area contributed by atoms with Crippen LogP contribution in [0.25, 0.3) is 17.2 Å². The lowest BCUT2D eigenvalue weighted by Gasteiger charge is -2.35. The fourth-order valence-corrected chi connectivity index (χ4v) is 4.20. The molecule has 5 rings (SSSR count). The Morgan fingerprint density at radius 1 is 1.23 bits per heavy atom. The number of benzene rings is 1. The third-order valence-corrected chi connectivity index (χ3v) is 5.84. The summed E-state index contributed by atoms with van der Waals surface area (Å²) in [6, 6.07) is 11.2. The normalized spacial score (nSPS) is 15.9. The van der Waals surface area contributed by atoms with Crippen molar-refractivity contribution in [2.75, 3.05) is 6.54 Å². The SMILES string of the molecule is C[C@@H]1c2ccccc2CCN1C(=O)c1cc(-c2nccn2C)n2nc(B(O)O)cc2n1. The number of nitrogens with zero attached hydrogens (tertiary/aromatic N) is 6. The zero-order valence-corrected chi connectivity index (χ0v) is 17.2. The van der Waals surface area contributed by atoms with E-state index in [1.54, 1.807) is 23.0 Å². The van der Waals surface area contributed by atoms with Crippen molar-refractivity contribution in [1.82, 2.24) is 29.0 Å². The van der Waals surface area contributed by atoms with E-state index in [0.29, 0.717) is 23.7 Å². The molecule has 0 bridgehead atoms. The number of hydrogen-bond acceptors (Lipinski definition) is 6. The monoisotopic (exact) mass is 416 g/mol. The van der Waals surface area contributed by atoms with Gasteiger partial charge in [0.15, 0.2) is 11.5 Å². The van der Waals surface area contributed by atoms with E-state index in [-0.39, 0.29) is 23.2 Å². The standard InChI is InChI=1S/C21H21BN6O3/c1-13-15-6-4-3-5-14(15)7-9-27(13)21(29)16-11-17(20-23-8-10-26(20)2)28-19(24-16)12-18(25-28)22(30)31/h3-6,8,10-13,30-31H,7,9H2,1-2H3/t13-/m1/s1. The van der Waals surface area contributed by atoms with Crippen LogP contribution in [-0.2, 0) is 13.5 Å². The maximum atomic E-state index is 13.5. The zero-order valence-electron chi connectivity index (χ0n) is 17.2. The molecule has 3 aromatic heterocycles. The summed E-state index contributed by atoms with van der Waals surface area (Å²) >= 11 is 0. The Balaban J connectivity index is 1.62. The van der Waals surface area contributed by atoms with Crippen LogP contribution in [0.4, 0.5) is 0 Å². The van der Waals surface area contributed by atoms with Crippen molar-refractivity contribution in [2.24, 2.45) is 7.05 Å². The second-order valence-electron chi connectivity index (χ2n) is 7.72. The predicted molar refractivity (Wildman–Crippen MR) is 115 cm³/mol.